The highest BCUT2D eigenvalue weighted by molar-refractivity contribution is 7.89. The van der Waals surface area contributed by atoms with Crippen LogP contribution in [0.2, 0.25) is 0 Å². The average molecular weight is 295 g/mol. The van der Waals surface area contributed by atoms with Gasteiger partial charge in [-0.15, -0.1) is 0 Å². The monoisotopic (exact) mass is 295 g/mol. The number of hydrogen-bond acceptors (Lipinski definition) is 6. The predicted octanol–water partition coefficient (Wildman–Crippen LogP) is 1.66. The topological polar surface area (TPSA) is 85.1 Å². The molecule has 0 saturated heterocycles. The maximum absolute atomic E-state index is 11.1. The van der Waals surface area contributed by atoms with E-state index in [1.807, 2.05) is 30.3 Å². The fourth-order valence-electron chi connectivity index (χ4n) is 1.71. The van der Waals surface area contributed by atoms with Crippen molar-refractivity contribution in [1.82, 2.24) is 10.1 Å². The van der Waals surface area contributed by atoms with Crippen LogP contribution < -0.4 is 5.32 Å². The lowest BCUT2D eigenvalue weighted by Crippen LogP contribution is -2.04. The number of benzene rings is 1. The normalized spacial score (nSPS) is 11.4. The number of anilines is 1. The van der Waals surface area contributed by atoms with Crippen LogP contribution >= 0.6 is 0 Å². The second kappa shape index (κ2) is 6.51. The fourth-order valence-corrected chi connectivity index (χ4v) is 2.30. The Morgan fingerprint density at radius 3 is 2.70 bits per heavy atom. The molecule has 20 heavy (non-hydrogen) atoms. The molecule has 1 heterocycles. The number of aromatic nitrogens is 2. The van der Waals surface area contributed by atoms with Crippen molar-refractivity contribution >= 4 is 15.5 Å². The van der Waals surface area contributed by atoms with E-state index in [1.165, 1.54) is 0 Å². The van der Waals surface area contributed by atoms with Crippen LogP contribution in [0.1, 0.15) is 18.1 Å². The summed E-state index contributed by atoms with van der Waals surface area (Å²) in [7, 11) is -3.12. The predicted molar refractivity (Wildman–Crippen MR) is 76.1 cm³/mol. The Balaban J connectivity index is 1.75. The average Bonchev–Trinajstić information content (AvgIpc) is 2.81. The fraction of sp³-hybridized carbons (Fsp3) is 0.385. The molecule has 0 bridgehead atoms. The van der Waals surface area contributed by atoms with Gasteiger partial charge in [-0.25, -0.2) is 8.42 Å². The minimum absolute atomic E-state index is 0.182. The quantitative estimate of drug-likeness (QED) is 0.782. The Hall–Kier alpha value is -1.89. The van der Waals surface area contributed by atoms with Crippen LogP contribution in [0.5, 0.6) is 0 Å². The zero-order chi connectivity index (χ0) is 14.4. The molecule has 2 rings (SSSR count). The number of aryl methyl sites for hydroxylation is 1. The molecule has 0 amide bonds. The van der Waals surface area contributed by atoms with Gasteiger partial charge in [0.2, 0.25) is 5.89 Å². The van der Waals surface area contributed by atoms with E-state index in [2.05, 4.69) is 15.5 Å². The summed E-state index contributed by atoms with van der Waals surface area (Å²) in [5.74, 6) is 0.510. The number of rotatable bonds is 7. The smallest absolute Gasteiger partial charge is 0.226 e. The van der Waals surface area contributed by atoms with E-state index in [-0.39, 0.29) is 11.6 Å². The highest BCUT2D eigenvalue weighted by atomic mass is 32.2. The van der Waals surface area contributed by atoms with Crippen LogP contribution in [0.25, 0.3) is 0 Å². The lowest BCUT2D eigenvalue weighted by molar-refractivity contribution is 0.372. The van der Waals surface area contributed by atoms with Crippen LogP contribution in [-0.2, 0) is 22.0 Å². The summed E-state index contributed by atoms with van der Waals surface area (Å²) >= 11 is 0. The van der Waals surface area contributed by atoms with E-state index >= 15 is 0 Å². The zero-order valence-electron chi connectivity index (χ0n) is 11.2. The first-order valence-electron chi connectivity index (χ1n) is 6.31. The molecule has 0 aliphatic rings. The van der Waals surface area contributed by atoms with Crippen LogP contribution in [0, 0.1) is 0 Å². The molecular weight excluding hydrogens is 278 g/mol. The van der Waals surface area contributed by atoms with Crippen molar-refractivity contribution in [1.29, 1.82) is 0 Å². The van der Waals surface area contributed by atoms with Gasteiger partial charge in [0.1, 0.15) is 5.75 Å². The summed E-state index contributed by atoms with van der Waals surface area (Å²) in [6.45, 7) is 0.786. The molecule has 108 valence electrons. The van der Waals surface area contributed by atoms with Crippen molar-refractivity contribution in [2.45, 2.75) is 18.6 Å². The molecule has 7 heteroatoms. The Bertz CT molecular complexity index is 638. The molecule has 1 aromatic heterocycles. The number of nitrogens with zero attached hydrogens (tertiary/aromatic N) is 2. The van der Waals surface area contributed by atoms with Gasteiger partial charge in [-0.1, -0.05) is 23.4 Å². The number of sulfone groups is 1. The Morgan fingerprint density at radius 1 is 1.25 bits per heavy atom. The molecule has 2 aromatic rings. The van der Waals surface area contributed by atoms with Crippen LogP contribution in [0.4, 0.5) is 5.69 Å². The zero-order valence-corrected chi connectivity index (χ0v) is 12.1. The molecule has 0 aliphatic heterocycles. The summed E-state index contributed by atoms with van der Waals surface area (Å²) in [4.78, 5) is 4.06. The van der Waals surface area contributed by atoms with Gasteiger partial charge in [0.05, 0.1) is 0 Å². The second-order valence-corrected chi connectivity index (χ2v) is 6.71. The molecule has 6 nitrogen and oxygen atoms in total. The SMILES string of the molecule is CS(=O)(=O)Cc1noc(CCCNc2ccccc2)n1. The van der Waals surface area contributed by atoms with Crippen molar-refractivity contribution in [3.63, 3.8) is 0 Å². The van der Waals surface area contributed by atoms with E-state index in [9.17, 15) is 8.42 Å². The van der Waals surface area contributed by atoms with Gasteiger partial charge in [0.15, 0.2) is 15.7 Å². The molecule has 1 N–H and O–H groups in total. The largest absolute Gasteiger partial charge is 0.385 e. The second-order valence-electron chi connectivity index (χ2n) is 4.57. The van der Waals surface area contributed by atoms with Gasteiger partial charge < -0.3 is 9.84 Å². The molecule has 0 spiro atoms. The van der Waals surface area contributed by atoms with Crippen molar-refractivity contribution < 1.29 is 12.9 Å². The van der Waals surface area contributed by atoms with Crippen molar-refractivity contribution in [2.24, 2.45) is 0 Å². The molecule has 1 aromatic carbocycles. The number of nitrogens with one attached hydrogen (secondary N) is 1. The Kier molecular flexibility index (Phi) is 4.73. The summed E-state index contributed by atoms with van der Waals surface area (Å²) in [6.07, 6.45) is 2.60. The molecule has 0 saturated carbocycles. The summed E-state index contributed by atoms with van der Waals surface area (Å²) in [5.41, 5.74) is 1.07. The third-order valence-electron chi connectivity index (χ3n) is 2.57. The van der Waals surface area contributed by atoms with Gasteiger partial charge in [-0.2, -0.15) is 4.98 Å². The maximum atomic E-state index is 11.1. The third kappa shape index (κ3) is 5.00. The minimum Gasteiger partial charge on any atom is -0.385 e. The first-order valence-corrected chi connectivity index (χ1v) is 8.37. The summed E-state index contributed by atoms with van der Waals surface area (Å²) < 4.78 is 27.2. The van der Waals surface area contributed by atoms with Crippen LogP contribution in [0.3, 0.4) is 0 Å². The van der Waals surface area contributed by atoms with Gasteiger partial charge in [0, 0.05) is 24.9 Å². The lowest BCUT2D eigenvalue weighted by Gasteiger charge is -2.03. The first-order chi connectivity index (χ1) is 9.53. The first kappa shape index (κ1) is 14.5. The standard InChI is InChI=1S/C13H17N3O3S/c1-20(17,18)10-12-15-13(19-16-12)8-5-9-14-11-6-3-2-4-7-11/h2-4,6-7,14H,5,8-10H2,1H3. The summed E-state index contributed by atoms with van der Waals surface area (Å²) in [5, 5.41) is 6.93. The Labute approximate surface area is 118 Å². The molecule has 0 fully saturated rings. The lowest BCUT2D eigenvalue weighted by atomic mass is 10.3. The van der Waals surface area contributed by atoms with Crippen LogP contribution in [-0.4, -0.2) is 31.4 Å². The molecule has 0 aliphatic carbocycles. The van der Waals surface area contributed by atoms with Crippen LogP contribution in [0.15, 0.2) is 34.9 Å². The van der Waals surface area contributed by atoms with Gasteiger partial charge >= 0.3 is 0 Å². The van der Waals surface area contributed by atoms with E-state index in [0.29, 0.717) is 12.3 Å². The maximum Gasteiger partial charge on any atom is 0.226 e. The highest BCUT2D eigenvalue weighted by Gasteiger charge is 2.11. The molecule has 0 atom stereocenters. The van der Waals surface area contributed by atoms with Gasteiger partial charge in [0.25, 0.3) is 0 Å². The van der Waals surface area contributed by atoms with E-state index in [4.69, 9.17) is 4.52 Å². The van der Waals surface area contributed by atoms with Crippen molar-refractivity contribution in [2.75, 3.05) is 18.1 Å². The summed E-state index contributed by atoms with van der Waals surface area (Å²) in [6, 6.07) is 9.90. The number of hydrogen-bond donors (Lipinski definition) is 1. The van der Waals surface area contributed by atoms with Crippen molar-refractivity contribution in [3.05, 3.63) is 42.0 Å². The van der Waals surface area contributed by atoms with Crippen molar-refractivity contribution in [3.8, 4) is 0 Å². The minimum atomic E-state index is -3.12. The van der Waals surface area contributed by atoms with Gasteiger partial charge in [-0.3, -0.25) is 0 Å². The molecule has 0 unspecified atom stereocenters. The number of para-hydroxylation sites is 1. The Morgan fingerprint density at radius 2 is 2.00 bits per heavy atom. The van der Waals surface area contributed by atoms with E-state index in [1.54, 1.807) is 0 Å². The van der Waals surface area contributed by atoms with E-state index < -0.39 is 9.84 Å². The molecular formula is C13H17N3O3S. The highest BCUT2D eigenvalue weighted by Crippen LogP contribution is 2.07. The molecule has 0 radical (unpaired) electrons. The third-order valence-corrected chi connectivity index (χ3v) is 3.35. The van der Waals surface area contributed by atoms with Gasteiger partial charge in [-0.05, 0) is 18.6 Å². The van der Waals surface area contributed by atoms with E-state index in [0.717, 1.165) is 24.9 Å².